The Balaban J connectivity index is 1.46. The number of carbonyl (C=O) groups is 2. The molecule has 0 saturated carbocycles. The van der Waals surface area contributed by atoms with Gasteiger partial charge in [0.25, 0.3) is 0 Å². The molecule has 0 bridgehead atoms. The molecule has 6 nitrogen and oxygen atoms in total. The van der Waals surface area contributed by atoms with Crippen molar-refractivity contribution in [1.82, 2.24) is 0 Å². The van der Waals surface area contributed by atoms with Crippen LogP contribution >= 0.6 is 0 Å². The number of alkyl halides is 7. The molecule has 0 N–H and O–H groups in total. The summed E-state index contributed by atoms with van der Waals surface area (Å²) in [5.41, 5.74) is 1.53. The molecule has 0 aliphatic heterocycles. The SMILES string of the molecule is CCCCC[C@H](C)OC(=O)c1ccc(-c2ccc(OC(=O)c3ccc(OCCCOCC(F)(F)C(F)(F)C(F)(F)F)cc3F)cc2)cc1. The average molecular weight is 691 g/mol. The second-order valence-corrected chi connectivity index (χ2v) is 10.9. The fourth-order valence-electron chi connectivity index (χ4n) is 4.27. The Kier molecular flexibility index (Phi) is 13.4. The Labute approximate surface area is 271 Å². The van der Waals surface area contributed by atoms with Crippen molar-refractivity contribution in [1.29, 1.82) is 0 Å². The van der Waals surface area contributed by atoms with Crippen LogP contribution in [-0.4, -0.2) is 55.9 Å². The van der Waals surface area contributed by atoms with Gasteiger partial charge >= 0.3 is 30.0 Å². The van der Waals surface area contributed by atoms with E-state index < -0.39 is 54.6 Å². The number of unbranched alkanes of at least 4 members (excludes halogenated alkanes) is 2. The topological polar surface area (TPSA) is 71.1 Å². The predicted molar refractivity (Wildman–Crippen MR) is 159 cm³/mol. The first-order valence-electron chi connectivity index (χ1n) is 15.0. The molecule has 0 unspecified atom stereocenters. The molecule has 0 amide bonds. The molecule has 3 aromatic carbocycles. The average Bonchev–Trinajstić information content (AvgIpc) is 3.02. The smallest absolute Gasteiger partial charge is 0.459 e. The number of ether oxygens (including phenoxy) is 4. The Morgan fingerprint density at radius 3 is 1.94 bits per heavy atom. The molecule has 0 aliphatic carbocycles. The lowest BCUT2D eigenvalue weighted by Gasteiger charge is -2.27. The summed E-state index contributed by atoms with van der Waals surface area (Å²) < 4.78 is 123. The third-order valence-electron chi connectivity index (χ3n) is 7.00. The molecule has 14 heteroatoms. The highest BCUT2D eigenvalue weighted by Gasteiger charge is 2.72. The molecule has 0 spiro atoms. The molecular weight excluding hydrogens is 656 g/mol. The van der Waals surface area contributed by atoms with Crippen molar-refractivity contribution in [3.05, 3.63) is 83.7 Å². The second-order valence-electron chi connectivity index (χ2n) is 10.9. The zero-order valence-corrected chi connectivity index (χ0v) is 26.1. The first-order chi connectivity index (χ1) is 22.6. The number of halogens is 8. The van der Waals surface area contributed by atoms with Crippen LogP contribution in [0, 0.1) is 5.82 Å². The number of hydrogen-bond acceptors (Lipinski definition) is 6. The Hall–Kier alpha value is -4.20. The summed E-state index contributed by atoms with van der Waals surface area (Å²) >= 11 is 0. The van der Waals surface area contributed by atoms with Crippen LogP contribution in [0.15, 0.2) is 66.7 Å². The maximum Gasteiger partial charge on any atom is 0.459 e. The van der Waals surface area contributed by atoms with E-state index in [1.54, 1.807) is 36.4 Å². The van der Waals surface area contributed by atoms with Crippen LogP contribution in [0.4, 0.5) is 35.1 Å². The Morgan fingerprint density at radius 1 is 0.750 bits per heavy atom. The molecule has 0 fully saturated rings. The Bertz CT molecular complexity index is 1490. The normalized spacial score (nSPS) is 12.8. The van der Waals surface area contributed by atoms with Crippen molar-refractivity contribution < 1.29 is 63.7 Å². The maximum atomic E-state index is 14.6. The number of rotatable bonds is 17. The largest absolute Gasteiger partial charge is 0.493 e. The monoisotopic (exact) mass is 690 g/mol. The minimum Gasteiger partial charge on any atom is -0.493 e. The number of benzene rings is 3. The summed E-state index contributed by atoms with van der Waals surface area (Å²) in [7, 11) is 0. The molecule has 0 saturated heterocycles. The van der Waals surface area contributed by atoms with E-state index in [0.717, 1.165) is 48.9 Å². The third-order valence-corrected chi connectivity index (χ3v) is 7.00. The molecular formula is C34H34F8O6. The van der Waals surface area contributed by atoms with Crippen molar-refractivity contribution in [3.8, 4) is 22.6 Å². The van der Waals surface area contributed by atoms with Crippen LogP contribution in [0.1, 0.15) is 66.7 Å². The summed E-state index contributed by atoms with van der Waals surface area (Å²) in [5, 5.41) is 0. The van der Waals surface area contributed by atoms with Crippen molar-refractivity contribution in [2.75, 3.05) is 19.8 Å². The van der Waals surface area contributed by atoms with Gasteiger partial charge in [-0.2, -0.15) is 30.7 Å². The summed E-state index contributed by atoms with van der Waals surface area (Å²) in [4.78, 5) is 25.0. The van der Waals surface area contributed by atoms with Gasteiger partial charge < -0.3 is 18.9 Å². The van der Waals surface area contributed by atoms with Gasteiger partial charge in [0.05, 0.1) is 30.4 Å². The van der Waals surface area contributed by atoms with E-state index in [4.69, 9.17) is 14.2 Å². The summed E-state index contributed by atoms with van der Waals surface area (Å²) in [6, 6.07) is 16.3. The maximum absolute atomic E-state index is 14.6. The van der Waals surface area contributed by atoms with Gasteiger partial charge in [0.1, 0.15) is 23.9 Å². The summed E-state index contributed by atoms with van der Waals surface area (Å²) in [6.07, 6.45) is -2.89. The van der Waals surface area contributed by atoms with E-state index in [1.807, 2.05) is 6.92 Å². The van der Waals surface area contributed by atoms with Gasteiger partial charge in [0.2, 0.25) is 0 Å². The minimum absolute atomic E-state index is 0.0805. The van der Waals surface area contributed by atoms with Crippen LogP contribution < -0.4 is 9.47 Å². The highest BCUT2D eigenvalue weighted by atomic mass is 19.4. The molecule has 0 radical (unpaired) electrons. The molecule has 0 aliphatic rings. The van der Waals surface area contributed by atoms with Crippen molar-refractivity contribution in [3.63, 3.8) is 0 Å². The molecule has 0 heterocycles. The molecule has 0 aromatic heterocycles. The zero-order chi connectivity index (χ0) is 35.5. The van der Waals surface area contributed by atoms with Gasteiger partial charge in [-0.15, -0.1) is 0 Å². The molecule has 48 heavy (non-hydrogen) atoms. The van der Waals surface area contributed by atoms with Crippen LogP contribution in [0.3, 0.4) is 0 Å². The molecule has 3 rings (SSSR count). The van der Waals surface area contributed by atoms with Gasteiger partial charge in [0, 0.05) is 12.5 Å². The van der Waals surface area contributed by atoms with E-state index in [0.29, 0.717) is 5.56 Å². The summed E-state index contributed by atoms with van der Waals surface area (Å²) in [5.74, 6) is -14.1. The van der Waals surface area contributed by atoms with Crippen LogP contribution in [0.2, 0.25) is 0 Å². The van der Waals surface area contributed by atoms with Crippen molar-refractivity contribution in [2.24, 2.45) is 0 Å². The lowest BCUT2D eigenvalue weighted by molar-refractivity contribution is -0.361. The highest BCUT2D eigenvalue weighted by Crippen LogP contribution is 2.46. The fraction of sp³-hybridized carbons (Fsp3) is 0.412. The second kappa shape index (κ2) is 16.8. The number of carbonyl (C=O) groups excluding carboxylic acids is 2. The van der Waals surface area contributed by atoms with E-state index in [-0.39, 0.29) is 30.6 Å². The van der Waals surface area contributed by atoms with E-state index in [2.05, 4.69) is 11.7 Å². The van der Waals surface area contributed by atoms with Gasteiger partial charge in [-0.1, -0.05) is 44.0 Å². The van der Waals surface area contributed by atoms with Crippen LogP contribution in [0.25, 0.3) is 11.1 Å². The predicted octanol–water partition coefficient (Wildman–Crippen LogP) is 9.46. The highest BCUT2D eigenvalue weighted by molar-refractivity contribution is 5.92. The fourth-order valence-corrected chi connectivity index (χ4v) is 4.27. The number of hydrogen-bond donors (Lipinski definition) is 0. The van der Waals surface area contributed by atoms with Gasteiger partial charge in [-0.25, -0.2) is 14.0 Å². The quantitative estimate of drug-likeness (QED) is 0.0609. The van der Waals surface area contributed by atoms with E-state index in [9.17, 15) is 44.7 Å². The first-order valence-corrected chi connectivity index (χ1v) is 15.0. The van der Waals surface area contributed by atoms with Crippen LogP contribution in [-0.2, 0) is 9.47 Å². The van der Waals surface area contributed by atoms with Crippen molar-refractivity contribution in [2.45, 2.75) is 70.1 Å². The molecule has 1 atom stereocenters. The minimum atomic E-state index is -6.45. The lowest BCUT2D eigenvalue weighted by Crippen LogP contribution is -2.54. The van der Waals surface area contributed by atoms with Gasteiger partial charge in [-0.3, -0.25) is 0 Å². The lowest BCUT2D eigenvalue weighted by atomic mass is 10.0. The molecule has 3 aromatic rings. The standard InChI is InChI=1S/C34H34F8O6/c1-3-4-5-7-22(2)47-30(43)25-10-8-23(9-11-25)24-12-14-26(15-13-24)48-31(44)28-17-16-27(20-29(28)35)46-19-6-18-45-21-32(36,37)33(38,39)34(40,41)42/h8-17,20,22H,3-7,18-19,21H2,1-2H3/t22-/m0/s1. The molecule has 262 valence electrons. The van der Waals surface area contributed by atoms with Crippen LogP contribution in [0.5, 0.6) is 11.5 Å². The summed E-state index contributed by atoms with van der Waals surface area (Å²) in [6.45, 7) is 0.861. The zero-order valence-electron chi connectivity index (χ0n) is 26.1. The Morgan fingerprint density at radius 2 is 1.35 bits per heavy atom. The third kappa shape index (κ3) is 10.4. The van der Waals surface area contributed by atoms with Gasteiger partial charge in [-0.05, 0) is 67.3 Å². The number of esters is 2. The van der Waals surface area contributed by atoms with E-state index >= 15 is 0 Å². The van der Waals surface area contributed by atoms with E-state index in [1.165, 1.54) is 18.2 Å². The van der Waals surface area contributed by atoms with Gasteiger partial charge in [0.15, 0.2) is 0 Å². The first kappa shape index (κ1) is 38.2. The van der Waals surface area contributed by atoms with Crippen molar-refractivity contribution >= 4 is 11.9 Å².